The maximum atomic E-state index is 13.7. The highest BCUT2D eigenvalue weighted by molar-refractivity contribution is 5.55. The van der Waals surface area contributed by atoms with E-state index >= 15 is 0 Å². The van der Waals surface area contributed by atoms with E-state index in [4.69, 9.17) is 4.42 Å². The molecule has 0 radical (unpaired) electrons. The SMILES string of the molecule is CNCCCc1nnc(-c2cc(C(F)(F)F)ccc2F)o1. The standard InChI is InChI=1S/C13H13F4N3O/c1-18-6-2-3-11-19-20-12(21-11)9-7-8(13(15,16)17)4-5-10(9)14/h4-5,7,18H,2-3,6H2,1H3. The second kappa shape index (κ2) is 6.21. The minimum absolute atomic E-state index is 0.252. The summed E-state index contributed by atoms with van der Waals surface area (Å²) in [4.78, 5) is 0. The minimum Gasteiger partial charge on any atom is -0.421 e. The maximum absolute atomic E-state index is 13.7. The second-order valence-electron chi connectivity index (χ2n) is 4.40. The van der Waals surface area contributed by atoms with Crippen molar-refractivity contribution in [3.05, 3.63) is 35.5 Å². The number of alkyl halides is 3. The van der Waals surface area contributed by atoms with E-state index in [1.54, 1.807) is 7.05 Å². The van der Waals surface area contributed by atoms with Gasteiger partial charge in [0.05, 0.1) is 11.1 Å². The molecule has 0 saturated carbocycles. The summed E-state index contributed by atoms with van der Waals surface area (Å²) in [7, 11) is 1.79. The number of aromatic nitrogens is 2. The molecule has 0 amide bonds. The van der Waals surface area contributed by atoms with Crippen LogP contribution in [0, 0.1) is 5.82 Å². The van der Waals surface area contributed by atoms with Crippen molar-refractivity contribution in [2.24, 2.45) is 0 Å². The van der Waals surface area contributed by atoms with E-state index in [-0.39, 0.29) is 17.3 Å². The van der Waals surface area contributed by atoms with Crippen molar-refractivity contribution in [2.75, 3.05) is 13.6 Å². The number of nitrogens with one attached hydrogen (secondary N) is 1. The first-order valence-corrected chi connectivity index (χ1v) is 6.26. The molecule has 0 aliphatic rings. The first-order valence-electron chi connectivity index (χ1n) is 6.26. The van der Waals surface area contributed by atoms with Crippen LogP contribution in [0.25, 0.3) is 11.5 Å². The Bertz CT molecular complexity index is 610. The lowest BCUT2D eigenvalue weighted by atomic mass is 10.1. The third kappa shape index (κ3) is 3.78. The van der Waals surface area contributed by atoms with Crippen molar-refractivity contribution < 1.29 is 22.0 Å². The van der Waals surface area contributed by atoms with Crippen molar-refractivity contribution >= 4 is 0 Å². The zero-order valence-corrected chi connectivity index (χ0v) is 11.2. The molecule has 0 atom stereocenters. The molecular weight excluding hydrogens is 290 g/mol. The van der Waals surface area contributed by atoms with Crippen LogP contribution in [0.5, 0.6) is 0 Å². The number of rotatable bonds is 5. The van der Waals surface area contributed by atoms with E-state index in [2.05, 4.69) is 15.5 Å². The summed E-state index contributed by atoms with van der Waals surface area (Å²) >= 11 is 0. The van der Waals surface area contributed by atoms with Crippen LogP contribution >= 0.6 is 0 Å². The average molecular weight is 303 g/mol. The van der Waals surface area contributed by atoms with Crippen molar-refractivity contribution in [2.45, 2.75) is 19.0 Å². The molecule has 2 rings (SSSR count). The normalized spacial score (nSPS) is 11.9. The molecule has 1 heterocycles. The van der Waals surface area contributed by atoms with Crippen LogP contribution in [0.15, 0.2) is 22.6 Å². The summed E-state index contributed by atoms with van der Waals surface area (Å²) in [6.45, 7) is 0.732. The molecule has 0 aliphatic heterocycles. The van der Waals surface area contributed by atoms with Gasteiger partial charge in [0.1, 0.15) is 5.82 Å². The van der Waals surface area contributed by atoms with Crippen molar-refractivity contribution in [3.63, 3.8) is 0 Å². The summed E-state index contributed by atoms with van der Waals surface area (Å²) in [6, 6.07) is 2.08. The van der Waals surface area contributed by atoms with E-state index in [0.717, 1.165) is 19.0 Å². The van der Waals surface area contributed by atoms with E-state index in [0.29, 0.717) is 18.6 Å². The van der Waals surface area contributed by atoms with Gasteiger partial charge in [0, 0.05) is 6.42 Å². The molecule has 8 heteroatoms. The van der Waals surface area contributed by atoms with E-state index in [1.807, 2.05) is 0 Å². The van der Waals surface area contributed by atoms with E-state index in [1.165, 1.54) is 0 Å². The Morgan fingerprint density at radius 1 is 1.24 bits per heavy atom. The van der Waals surface area contributed by atoms with Gasteiger partial charge in [0.25, 0.3) is 5.89 Å². The molecule has 114 valence electrons. The average Bonchev–Trinajstić information content (AvgIpc) is 2.87. The smallest absolute Gasteiger partial charge is 0.416 e. The molecule has 0 spiro atoms. The van der Waals surface area contributed by atoms with Gasteiger partial charge in [-0.25, -0.2) is 4.39 Å². The van der Waals surface area contributed by atoms with Crippen LogP contribution < -0.4 is 5.32 Å². The highest BCUT2D eigenvalue weighted by Gasteiger charge is 2.31. The molecule has 1 N–H and O–H groups in total. The fraction of sp³-hybridized carbons (Fsp3) is 0.385. The third-order valence-corrected chi connectivity index (χ3v) is 2.81. The Kier molecular flexibility index (Phi) is 4.56. The van der Waals surface area contributed by atoms with Gasteiger partial charge in [0.15, 0.2) is 0 Å². The number of benzene rings is 1. The number of aryl methyl sites for hydroxylation is 1. The molecule has 1 aromatic carbocycles. The van der Waals surface area contributed by atoms with Gasteiger partial charge in [-0.05, 0) is 38.2 Å². The summed E-state index contributed by atoms with van der Waals surface area (Å²) in [6.07, 6.45) is -3.37. The monoisotopic (exact) mass is 303 g/mol. The van der Waals surface area contributed by atoms with Gasteiger partial charge in [-0.1, -0.05) is 0 Å². The molecule has 0 fully saturated rings. The molecule has 0 unspecified atom stereocenters. The fourth-order valence-electron chi connectivity index (χ4n) is 1.75. The molecule has 21 heavy (non-hydrogen) atoms. The van der Waals surface area contributed by atoms with Crippen LogP contribution in [-0.4, -0.2) is 23.8 Å². The zero-order chi connectivity index (χ0) is 15.5. The molecule has 0 saturated heterocycles. The Balaban J connectivity index is 2.25. The van der Waals surface area contributed by atoms with Crippen LogP contribution in [0.2, 0.25) is 0 Å². The van der Waals surface area contributed by atoms with Gasteiger partial charge in [0.2, 0.25) is 5.89 Å². The highest BCUT2D eigenvalue weighted by Crippen LogP contribution is 2.33. The van der Waals surface area contributed by atoms with Crippen molar-refractivity contribution in [1.82, 2.24) is 15.5 Å². The van der Waals surface area contributed by atoms with Gasteiger partial charge in [-0.15, -0.1) is 10.2 Å². The predicted molar refractivity (Wildman–Crippen MR) is 66.9 cm³/mol. The number of hydrogen-bond acceptors (Lipinski definition) is 4. The quantitative estimate of drug-likeness (QED) is 0.681. The maximum Gasteiger partial charge on any atom is 0.416 e. The zero-order valence-electron chi connectivity index (χ0n) is 11.2. The molecule has 1 aromatic heterocycles. The number of halogens is 4. The van der Waals surface area contributed by atoms with Gasteiger partial charge in [-0.2, -0.15) is 13.2 Å². The second-order valence-corrected chi connectivity index (χ2v) is 4.40. The van der Waals surface area contributed by atoms with Crippen LogP contribution in [0.4, 0.5) is 17.6 Å². The molecule has 0 bridgehead atoms. The predicted octanol–water partition coefficient (Wildman–Crippen LogP) is 3.05. The summed E-state index contributed by atoms with van der Waals surface area (Å²) < 4.78 is 56.8. The first-order chi connectivity index (χ1) is 9.91. The number of nitrogens with zero attached hydrogens (tertiary/aromatic N) is 2. The van der Waals surface area contributed by atoms with Crippen LogP contribution in [-0.2, 0) is 12.6 Å². The van der Waals surface area contributed by atoms with Gasteiger partial charge < -0.3 is 9.73 Å². The van der Waals surface area contributed by atoms with E-state index < -0.39 is 17.6 Å². The number of hydrogen-bond donors (Lipinski definition) is 1. The third-order valence-electron chi connectivity index (χ3n) is 2.81. The molecular formula is C13H13F4N3O. The van der Waals surface area contributed by atoms with Crippen molar-refractivity contribution in [1.29, 1.82) is 0 Å². The Labute approximate surface area is 118 Å². The van der Waals surface area contributed by atoms with Crippen LogP contribution in [0.3, 0.4) is 0 Å². The van der Waals surface area contributed by atoms with Gasteiger partial charge in [-0.3, -0.25) is 0 Å². The summed E-state index contributed by atoms with van der Waals surface area (Å²) in [5, 5.41) is 10.2. The van der Waals surface area contributed by atoms with Crippen molar-refractivity contribution in [3.8, 4) is 11.5 Å². The first kappa shape index (κ1) is 15.4. The van der Waals surface area contributed by atoms with Crippen LogP contribution in [0.1, 0.15) is 17.9 Å². The molecule has 2 aromatic rings. The molecule has 0 aliphatic carbocycles. The lowest BCUT2D eigenvalue weighted by molar-refractivity contribution is -0.137. The summed E-state index contributed by atoms with van der Waals surface area (Å²) in [5.74, 6) is -0.830. The molecule has 4 nitrogen and oxygen atoms in total. The lowest BCUT2D eigenvalue weighted by Gasteiger charge is -2.07. The Morgan fingerprint density at radius 3 is 2.67 bits per heavy atom. The largest absolute Gasteiger partial charge is 0.421 e. The summed E-state index contributed by atoms with van der Waals surface area (Å²) in [5.41, 5.74) is -1.31. The minimum atomic E-state index is -4.56. The highest BCUT2D eigenvalue weighted by atomic mass is 19.4. The Morgan fingerprint density at radius 2 is 2.00 bits per heavy atom. The van der Waals surface area contributed by atoms with Gasteiger partial charge >= 0.3 is 6.18 Å². The Hall–Kier alpha value is -1.96. The van der Waals surface area contributed by atoms with E-state index in [9.17, 15) is 17.6 Å². The topological polar surface area (TPSA) is 51.0 Å². The fourth-order valence-corrected chi connectivity index (χ4v) is 1.75. The lowest BCUT2D eigenvalue weighted by Crippen LogP contribution is -2.08.